The van der Waals surface area contributed by atoms with Crippen LogP contribution in [0.5, 0.6) is 11.5 Å². The molecule has 198 valence electrons. The van der Waals surface area contributed by atoms with Crippen molar-refractivity contribution in [3.63, 3.8) is 0 Å². The standard InChI is InChI=1S/C28H30N4O5S/c1-6-37-20-12-11-17(15-21(20)36-5)23-22(25(34)27(35)31(23)14-13-30(3)4)24(33)26-16(2)32-19-10-8-7-9-18(19)29-28(32)38-26/h7-12,15,23,34H,6,13-14H2,1-5H3. The number of hydrogen-bond donors (Lipinski definition) is 1. The van der Waals surface area contributed by atoms with Crippen molar-refractivity contribution in [1.82, 2.24) is 19.2 Å². The van der Waals surface area contributed by atoms with Crippen molar-refractivity contribution >= 4 is 39.0 Å². The Balaban J connectivity index is 1.63. The van der Waals surface area contributed by atoms with E-state index < -0.39 is 23.5 Å². The van der Waals surface area contributed by atoms with Gasteiger partial charge < -0.3 is 24.4 Å². The molecule has 0 bridgehead atoms. The Morgan fingerprint density at radius 2 is 1.95 bits per heavy atom. The number of hydrogen-bond acceptors (Lipinski definition) is 8. The highest BCUT2D eigenvalue weighted by Crippen LogP contribution is 2.43. The number of aliphatic hydroxyl groups excluding tert-OH is 1. The lowest BCUT2D eigenvalue weighted by Crippen LogP contribution is -2.36. The molecule has 9 nitrogen and oxygen atoms in total. The van der Waals surface area contributed by atoms with E-state index in [9.17, 15) is 14.7 Å². The molecule has 1 N–H and O–H groups in total. The van der Waals surface area contributed by atoms with Crippen LogP contribution in [0.25, 0.3) is 16.0 Å². The second-order valence-electron chi connectivity index (χ2n) is 9.37. The largest absolute Gasteiger partial charge is 0.503 e. The van der Waals surface area contributed by atoms with Crippen LogP contribution in [-0.2, 0) is 4.79 Å². The van der Waals surface area contributed by atoms with E-state index in [1.54, 1.807) is 24.1 Å². The number of carbonyl (C=O) groups excluding carboxylic acids is 2. The minimum Gasteiger partial charge on any atom is -0.503 e. The lowest BCUT2D eigenvalue weighted by molar-refractivity contribution is -0.129. The van der Waals surface area contributed by atoms with Gasteiger partial charge in [-0.3, -0.25) is 14.0 Å². The van der Waals surface area contributed by atoms with Crippen LogP contribution < -0.4 is 9.47 Å². The third kappa shape index (κ3) is 4.19. The third-order valence-corrected chi connectivity index (χ3v) is 7.87. The SMILES string of the molecule is CCOc1ccc(C2C(C(=O)c3sc4nc5ccccc5n4c3C)=C(O)C(=O)N2CCN(C)C)cc1OC. The molecule has 0 radical (unpaired) electrons. The Kier molecular flexibility index (Phi) is 6.85. The number of benzene rings is 2. The molecule has 5 rings (SSSR count). The van der Waals surface area contributed by atoms with Gasteiger partial charge in [0.1, 0.15) is 0 Å². The van der Waals surface area contributed by atoms with Gasteiger partial charge in [0.2, 0.25) is 5.78 Å². The summed E-state index contributed by atoms with van der Waals surface area (Å²) < 4.78 is 13.2. The molecule has 1 aliphatic rings. The van der Waals surface area contributed by atoms with E-state index in [4.69, 9.17) is 9.47 Å². The van der Waals surface area contributed by atoms with Crippen molar-refractivity contribution in [3.8, 4) is 11.5 Å². The van der Waals surface area contributed by atoms with E-state index in [-0.39, 0.29) is 5.57 Å². The number of thiazole rings is 1. The number of imidazole rings is 1. The van der Waals surface area contributed by atoms with Crippen LogP contribution in [0.2, 0.25) is 0 Å². The van der Waals surface area contributed by atoms with Gasteiger partial charge in [0.05, 0.1) is 41.2 Å². The predicted octanol–water partition coefficient (Wildman–Crippen LogP) is 4.40. The van der Waals surface area contributed by atoms with E-state index in [0.717, 1.165) is 11.0 Å². The zero-order valence-corrected chi connectivity index (χ0v) is 22.8. The molecule has 1 aliphatic heterocycles. The van der Waals surface area contributed by atoms with Crippen LogP contribution in [0.15, 0.2) is 53.8 Å². The Morgan fingerprint density at radius 1 is 1.18 bits per heavy atom. The van der Waals surface area contributed by atoms with Gasteiger partial charge in [0.15, 0.2) is 22.2 Å². The first-order chi connectivity index (χ1) is 18.3. The number of Topliss-reactive ketones (excluding diaryl/α,β-unsaturated/α-hetero) is 1. The van der Waals surface area contributed by atoms with E-state index in [1.165, 1.54) is 11.3 Å². The van der Waals surface area contributed by atoms with Crippen LogP contribution >= 0.6 is 11.3 Å². The maximum Gasteiger partial charge on any atom is 0.290 e. The molecular formula is C28H30N4O5S. The van der Waals surface area contributed by atoms with Gasteiger partial charge >= 0.3 is 0 Å². The quantitative estimate of drug-likeness (QED) is 0.318. The number of rotatable bonds is 9. The highest BCUT2D eigenvalue weighted by Gasteiger charge is 2.44. The third-order valence-electron chi connectivity index (χ3n) is 6.73. The molecule has 0 spiro atoms. The molecule has 3 heterocycles. The first-order valence-electron chi connectivity index (χ1n) is 12.4. The van der Waals surface area contributed by atoms with Gasteiger partial charge in [0, 0.05) is 18.8 Å². The molecule has 0 saturated carbocycles. The highest BCUT2D eigenvalue weighted by molar-refractivity contribution is 7.19. The molecule has 1 unspecified atom stereocenters. The molecular weight excluding hydrogens is 504 g/mol. The number of aryl methyl sites for hydroxylation is 1. The second kappa shape index (κ2) is 10.1. The Labute approximate surface area is 224 Å². The molecule has 4 aromatic rings. The minimum atomic E-state index is -0.787. The van der Waals surface area contributed by atoms with Crippen LogP contribution in [-0.4, -0.2) is 76.9 Å². The number of ether oxygens (including phenoxy) is 2. The average molecular weight is 535 g/mol. The van der Waals surface area contributed by atoms with Gasteiger partial charge in [-0.25, -0.2) is 4.98 Å². The molecule has 0 fully saturated rings. The summed E-state index contributed by atoms with van der Waals surface area (Å²) in [6, 6.07) is 12.3. The van der Waals surface area contributed by atoms with Crippen LogP contribution in [0.4, 0.5) is 0 Å². The Hall–Kier alpha value is -3.89. The molecule has 2 aromatic carbocycles. The number of para-hydroxylation sites is 2. The maximum atomic E-state index is 14.1. The van der Waals surface area contributed by atoms with Crippen molar-refractivity contribution in [2.75, 3.05) is 40.9 Å². The number of likely N-dealkylation sites (N-methyl/N-ethyl adjacent to an activating group) is 1. The summed E-state index contributed by atoms with van der Waals surface area (Å²) in [6.45, 7) is 5.09. The van der Waals surface area contributed by atoms with Crippen LogP contribution in [0, 0.1) is 6.92 Å². The predicted molar refractivity (Wildman–Crippen MR) is 146 cm³/mol. The highest BCUT2D eigenvalue weighted by atomic mass is 32.1. The summed E-state index contributed by atoms with van der Waals surface area (Å²) >= 11 is 1.26. The summed E-state index contributed by atoms with van der Waals surface area (Å²) in [5.74, 6) is -0.441. The van der Waals surface area contributed by atoms with E-state index in [2.05, 4.69) is 4.98 Å². The smallest absolute Gasteiger partial charge is 0.290 e. The lowest BCUT2D eigenvalue weighted by atomic mass is 9.94. The number of nitrogens with zero attached hydrogens (tertiary/aromatic N) is 4. The molecule has 2 aromatic heterocycles. The number of methoxy groups -OCH3 is 1. The number of carbonyl (C=O) groups is 2. The van der Waals surface area contributed by atoms with Crippen molar-refractivity contribution in [3.05, 3.63) is 69.9 Å². The normalized spacial score (nSPS) is 15.9. The fraction of sp³-hybridized carbons (Fsp3) is 0.321. The minimum absolute atomic E-state index is 0.0527. The molecule has 38 heavy (non-hydrogen) atoms. The zero-order valence-electron chi connectivity index (χ0n) is 22.0. The number of aliphatic hydroxyl groups is 1. The van der Waals surface area contributed by atoms with Crippen LogP contribution in [0.3, 0.4) is 0 Å². The first kappa shape index (κ1) is 25.7. The number of ketones is 1. The molecule has 1 atom stereocenters. The fourth-order valence-electron chi connectivity index (χ4n) is 4.90. The van der Waals surface area contributed by atoms with Crippen LogP contribution in [0.1, 0.15) is 33.9 Å². The maximum absolute atomic E-state index is 14.1. The van der Waals surface area contributed by atoms with Gasteiger partial charge in [-0.05, 0) is 57.8 Å². The van der Waals surface area contributed by atoms with Gasteiger partial charge in [-0.1, -0.05) is 29.5 Å². The summed E-state index contributed by atoms with van der Waals surface area (Å²) in [5, 5.41) is 11.1. The molecule has 1 amide bonds. The van der Waals surface area contributed by atoms with Gasteiger partial charge in [-0.2, -0.15) is 0 Å². The van der Waals surface area contributed by atoms with Crippen molar-refractivity contribution in [2.24, 2.45) is 0 Å². The van der Waals surface area contributed by atoms with Gasteiger partial charge in [-0.15, -0.1) is 0 Å². The summed E-state index contributed by atoms with van der Waals surface area (Å²) in [5.41, 5.74) is 3.15. The monoisotopic (exact) mass is 534 g/mol. The zero-order chi connectivity index (χ0) is 27.1. The topological polar surface area (TPSA) is 96.6 Å². The Bertz CT molecular complexity index is 1580. The molecule has 0 saturated heterocycles. The Morgan fingerprint density at radius 3 is 2.66 bits per heavy atom. The summed E-state index contributed by atoms with van der Waals surface area (Å²) in [6.07, 6.45) is 0. The molecule has 0 aliphatic carbocycles. The lowest BCUT2D eigenvalue weighted by Gasteiger charge is -2.28. The van der Waals surface area contributed by atoms with Crippen molar-refractivity contribution < 1.29 is 24.2 Å². The summed E-state index contributed by atoms with van der Waals surface area (Å²) in [4.78, 5) is 36.7. The second-order valence-corrected chi connectivity index (χ2v) is 10.4. The van der Waals surface area contributed by atoms with E-state index in [1.807, 2.05) is 67.6 Å². The number of amides is 1. The van der Waals surface area contributed by atoms with Crippen molar-refractivity contribution in [1.29, 1.82) is 0 Å². The first-order valence-corrected chi connectivity index (χ1v) is 13.2. The number of aromatic nitrogens is 2. The average Bonchev–Trinajstić information content (AvgIpc) is 3.51. The fourth-order valence-corrected chi connectivity index (χ4v) is 5.99. The summed E-state index contributed by atoms with van der Waals surface area (Å²) in [7, 11) is 5.35. The van der Waals surface area contributed by atoms with E-state index in [0.29, 0.717) is 52.3 Å². The van der Waals surface area contributed by atoms with Crippen molar-refractivity contribution in [2.45, 2.75) is 19.9 Å². The number of fused-ring (bicyclic) bond motifs is 3. The van der Waals surface area contributed by atoms with E-state index >= 15 is 0 Å². The van der Waals surface area contributed by atoms with Gasteiger partial charge in [0.25, 0.3) is 5.91 Å². The molecule has 10 heteroatoms.